The van der Waals surface area contributed by atoms with Gasteiger partial charge in [-0.05, 0) is 43.0 Å². The van der Waals surface area contributed by atoms with E-state index in [1.54, 1.807) is 14.2 Å². The van der Waals surface area contributed by atoms with Crippen LogP contribution in [0.1, 0.15) is 32.3 Å². The summed E-state index contributed by atoms with van der Waals surface area (Å²) >= 11 is 0. The average Bonchev–Trinajstić information content (AvgIpc) is 2.57. The first-order valence-electron chi connectivity index (χ1n) is 7.83. The molecule has 23 heavy (non-hydrogen) atoms. The number of carbonyl (C=O) groups excluding carboxylic acids is 1. The van der Waals surface area contributed by atoms with Gasteiger partial charge in [0.1, 0.15) is 6.29 Å². The van der Waals surface area contributed by atoms with Crippen molar-refractivity contribution in [3.8, 4) is 17.6 Å². The number of carbonyl (C=O) groups is 1. The summed E-state index contributed by atoms with van der Waals surface area (Å²) in [6.45, 7) is 5.16. The number of rotatable bonds is 10. The molecule has 5 heteroatoms. The molecule has 0 radical (unpaired) electrons. The topological polar surface area (TPSA) is 71.3 Å². The summed E-state index contributed by atoms with van der Waals surface area (Å²) in [5.74, 6) is 1.43. The molecular weight excluding hydrogens is 292 g/mol. The lowest BCUT2D eigenvalue weighted by Gasteiger charge is -2.32. The molecule has 0 aliphatic rings. The zero-order valence-corrected chi connectivity index (χ0v) is 14.4. The summed E-state index contributed by atoms with van der Waals surface area (Å²) in [5, 5.41) is 12.9. The molecule has 0 fully saturated rings. The molecule has 1 N–H and O–H groups in total. The SMILES string of the molecule is COc1ccc(C(C#N)(CCCNCC=O)C(C)C)cc1OC. The largest absolute Gasteiger partial charge is 0.493 e. The van der Waals surface area contributed by atoms with Gasteiger partial charge in [-0.3, -0.25) is 0 Å². The Morgan fingerprint density at radius 3 is 2.52 bits per heavy atom. The zero-order valence-electron chi connectivity index (χ0n) is 14.4. The molecule has 5 nitrogen and oxygen atoms in total. The van der Waals surface area contributed by atoms with Crippen LogP contribution in [0.15, 0.2) is 18.2 Å². The van der Waals surface area contributed by atoms with Crippen molar-refractivity contribution in [2.75, 3.05) is 27.3 Å². The van der Waals surface area contributed by atoms with Crippen molar-refractivity contribution in [2.24, 2.45) is 5.92 Å². The van der Waals surface area contributed by atoms with Crippen LogP contribution in [0, 0.1) is 17.2 Å². The van der Waals surface area contributed by atoms with E-state index in [1.807, 2.05) is 18.2 Å². The van der Waals surface area contributed by atoms with E-state index in [9.17, 15) is 10.1 Å². The minimum Gasteiger partial charge on any atom is -0.493 e. The number of ether oxygens (including phenoxy) is 2. The smallest absolute Gasteiger partial charge is 0.161 e. The molecule has 1 rings (SSSR count). The Hall–Kier alpha value is -2.06. The van der Waals surface area contributed by atoms with Crippen LogP contribution < -0.4 is 14.8 Å². The summed E-state index contributed by atoms with van der Waals surface area (Å²) < 4.78 is 10.6. The van der Waals surface area contributed by atoms with Crippen molar-refractivity contribution in [1.82, 2.24) is 5.32 Å². The van der Waals surface area contributed by atoms with Crippen LogP contribution in [-0.2, 0) is 10.2 Å². The first-order chi connectivity index (χ1) is 11.1. The molecule has 0 saturated carbocycles. The van der Waals surface area contributed by atoms with Crippen LogP contribution in [0.3, 0.4) is 0 Å². The number of nitrogens with one attached hydrogen (secondary N) is 1. The van der Waals surface area contributed by atoms with Crippen molar-refractivity contribution >= 4 is 6.29 Å². The monoisotopic (exact) mass is 318 g/mol. The van der Waals surface area contributed by atoms with Gasteiger partial charge in [-0.1, -0.05) is 19.9 Å². The van der Waals surface area contributed by atoms with Gasteiger partial charge in [0.05, 0.1) is 32.2 Å². The number of hydrogen-bond donors (Lipinski definition) is 1. The summed E-state index contributed by atoms with van der Waals surface area (Å²) in [5.41, 5.74) is 0.339. The molecule has 0 amide bonds. The molecule has 126 valence electrons. The molecule has 0 aromatic heterocycles. The highest BCUT2D eigenvalue weighted by atomic mass is 16.5. The molecule has 0 heterocycles. The third kappa shape index (κ3) is 4.46. The Balaban J connectivity index is 3.06. The van der Waals surface area contributed by atoms with E-state index < -0.39 is 5.41 Å². The van der Waals surface area contributed by atoms with E-state index in [-0.39, 0.29) is 5.92 Å². The average molecular weight is 318 g/mol. The first-order valence-corrected chi connectivity index (χ1v) is 7.83. The quantitative estimate of drug-likeness (QED) is 0.530. The van der Waals surface area contributed by atoms with Crippen LogP contribution in [0.2, 0.25) is 0 Å². The number of nitriles is 1. The third-order valence-electron chi connectivity index (χ3n) is 4.24. The van der Waals surface area contributed by atoms with Crippen molar-refractivity contribution in [1.29, 1.82) is 5.26 Å². The molecule has 0 bridgehead atoms. The van der Waals surface area contributed by atoms with Crippen molar-refractivity contribution in [2.45, 2.75) is 32.1 Å². The Labute approximate surface area is 138 Å². The fourth-order valence-electron chi connectivity index (χ4n) is 2.78. The predicted molar refractivity (Wildman–Crippen MR) is 89.8 cm³/mol. The number of methoxy groups -OCH3 is 2. The van der Waals surface area contributed by atoms with Gasteiger partial charge in [-0.2, -0.15) is 5.26 Å². The molecule has 0 aliphatic heterocycles. The van der Waals surface area contributed by atoms with Gasteiger partial charge in [0.2, 0.25) is 0 Å². The normalized spacial score (nSPS) is 13.2. The van der Waals surface area contributed by atoms with Gasteiger partial charge in [0, 0.05) is 0 Å². The molecule has 0 aliphatic carbocycles. The Bertz CT molecular complexity index is 552. The maximum absolute atomic E-state index is 10.3. The van der Waals surface area contributed by atoms with Crippen LogP contribution in [0.5, 0.6) is 11.5 Å². The van der Waals surface area contributed by atoms with Crippen LogP contribution in [0.25, 0.3) is 0 Å². The van der Waals surface area contributed by atoms with Crippen LogP contribution in [-0.4, -0.2) is 33.6 Å². The number of aldehydes is 1. The molecule has 0 saturated heterocycles. The summed E-state index contributed by atoms with van der Waals surface area (Å²) in [7, 11) is 3.19. The second-order valence-corrected chi connectivity index (χ2v) is 5.78. The summed E-state index contributed by atoms with van der Waals surface area (Å²) in [6, 6.07) is 8.18. The highest BCUT2D eigenvalue weighted by Crippen LogP contribution is 2.40. The van der Waals surface area contributed by atoms with Gasteiger partial charge in [-0.25, -0.2) is 0 Å². The van der Waals surface area contributed by atoms with E-state index in [4.69, 9.17) is 9.47 Å². The fraction of sp³-hybridized carbons (Fsp3) is 0.556. The van der Waals surface area contributed by atoms with Gasteiger partial charge in [0.25, 0.3) is 0 Å². The molecule has 0 spiro atoms. The second kappa shape index (κ2) is 9.16. The van der Waals surface area contributed by atoms with E-state index in [1.165, 1.54) is 0 Å². The maximum atomic E-state index is 10.3. The van der Waals surface area contributed by atoms with E-state index >= 15 is 0 Å². The van der Waals surface area contributed by atoms with Crippen molar-refractivity contribution < 1.29 is 14.3 Å². The lowest BCUT2D eigenvalue weighted by Crippen LogP contribution is -2.32. The number of hydrogen-bond acceptors (Lipinski definition) is 5. The number of nitrogens with zero attached hydrogens (tertiary/aromatic N) is 1. The van der Waals surface area contributed by atoms with Crippen molar-refractivity contribution in [3.63, 3.8) is 0 Å². The van der Waals surface area contributed by atoms with Crippen LogP contribution >= 0.6 is 0 Å². The molecule has 1 unspecified atom stereocenters. The van der Waals surface area contributed by atoms with Gasteiger partial charge >= 0.3 is 0 Å². The lowest BCUT2D eigenvalue weighted by molar-refractivity contribution is -0.107. The van der Waals surface area contributed by atoms with Gasteiger partial charge < -0.3 is 19.6 Å². The standard InChI is InChI=1S/C18H26N2O3/c1-14(2)18(13-19,8-5-9-20-10-11-21)15-6-7-16(22-3)17(12-15)23-4/h6-7,11-12,14,20H,5,8-10H2,1-4H3. The van der Waals surface area contributed by atoms with E-state index in [0.717, 1.165) is 18.3 Å². The minimum atomic E-state index is -0.595. The minimum absolute atomic E-state index is 0.150. The van der Waals surface area contributed by atoms with E-state index in [2.05, 4.69) is 25.2 Å². The summed E-state index contributed by atoms with van der Waals surface area (Å²) in [6.07, 6.45) is 2.37. The van der Waals surface area contributed by atoms with E-state index in [0.29, 0.717) is 31.0 Å². The summed E-state index contributed by atoms with van der Waals surface area (Å²) in [4.78, 5) is 10.3. The highest BCUT2D eigenvalue weighted by molar-refractivity contribution is 5.51. The number of benzene rings is 1. The predicted octanol–water partition coefficient (Wildman–Crippen LogP) is 2.69. The van der Waals surface area contributed by atoms with Gasteiger partial charge in [-0.15, -0.1) is 0 Å². The molecular formula is C18H26N2O3. The second-order valence-electron chi connectivity index (χ2n) is 5.78. The third-order valence-corrected chi connectivity index (χ3v) is 4.24. The Kier molecular flexibility index (Phi) is 7.56. The van der Waals surface area contributed by atoms with Crippen LogP contribution in [0.4, 0.5) is 0 Å². The van der Waals surface area contributed by atoms with Gasteiger partial charge in [0.15, 0.2) is 11.5 Å². The first kappa shape index (κ1) is 19.0. The van der Waals surface area contributed by atoms with Crippen molar-refractivity contribution in [3.05, 3.63) is 23.8 Å². The lowest BCUT2D eigenvalue weighted by atomic mass is 9.70. The fourth-order valence-corrected chi connectivity index (χ4v) is 2.78. The Morgan fingerprint density at radius 2 is 2.00 bits per heavy atom. The Morgan fingerprint density at radius 1 is 1.30 bits per heavy atom. The molecule has 1 aromatic rings. The highest BCUT2D eigenvalue weighted by Gasteiger charge is 2.36. The molecule has 1 atom stereocenters. The maximum Gasteiger partial charge on any atom is 0.161 e. The zero-order chi connectivity index (χ0) is 17.3. The molecule has 1 aromatic carbocycles.